The topological polar surface area (TPSA) is 109 Å². The monoisotopic (exact) mass is 515 g/mol. The van der Waals surface area contributed by atoms with Gasteiger partial charge in [-0.05, 0) is 30.7 Å². The summed E-state index contributed by atoms with van der Waals surface area (Å²) in [6.07, 6.45) is 5.37. The predicted octanol–water partition coefficient (Wildman–Crippen LogP) is 4.23. The van der Waals surface area contributed by atoms with E-state index in [2.05, 4.69) is 41.0 Å². The van der Waals surface area contributed by atoms with Crippen molar-refractivity contribution < 1.29 is 19.1 Å². The molecule has 0 bridgehead atoms. The Morgan fingerprint density at radius 1 is 1.34 bits per heavy atom. The first-order chi connectivity index (χ1) is 18.2. The number of anilines is 2. The number of hydrogen-bond donors (Lipinski definition) is 3. The molecular weight excluding hydrogens is 482 g/mol. The highest BCUT2D eigenvalue weighted by Gasteiger charge is 2.47. The standard InChI is InChI=1S/C29H33N5O4/c1-6-23(35)34-16-29(3,4)22(34)15-38-21-14-30-12-10-18(21)25-26(24-19(32-25)11-13-31-28(24)36)33-20-9-7-8-17(2)27(20)37-5/h6-10,12,14,22,32-33H,1,11,13,15-16H2,2-5H3,(H,31,36)/t22-/m1/s1. The molecule has 1 atom stereocenters. The average molecular weight is 516 g/mol. The Labute approximate surface area is 222 Å². The molecule has 2 aliphatic heterocycles. The van der Waals surface area contributed by atoms with Gasteiger partial charge in [0.15, 0.2) is 0 Å². The number of carbonyl (C=O) groups is 2. The number of fused-ring (bicyclic) bond motifs is 1. The zero-order valence-electron chi connectivity index (χ0n) is 22.2. The van der Waals surface area contributed by atoms with Crippen molar-refractivity contribution in [2.75, 3.05) is 32.1 Å². The van der Waals surface area contributed by atoms with E-state index in [9.17, 15) is 9.59 Å². The second kappa shape index (κ2) is 9.89. The molecule has 0 saturated carbocycles. The molecule has 9 nitrogen and oxygen atoms in total. The summed E-state index contributed by atoms with van der Waals surface area (Å²) in [6.45, 7) is 11.3. The lowest BCUT2D eigenvalue weighted by molar-refractivity contribution is -0.148. The zero-order chi connectivity index (χ0) is 27.0. The highest BCUT2D eigenvalue weighted by atomic mass is 16.5. The number of carbonyl (C=O) groups excluding carboxylic acids is 2. The Bertz CT molecular complexity index is 1410. The Morgan fingerprint density at radius 2 is 2.16 bits per heavy atom. The number of nitrogens with one attached hydrogen (secondary N) is 3. The van der Waals surface area contributed by atoms with Gasteiger partial charge in [-0.3, -0.25) is 14.6 Å². The summed E-state index contributed by atoms with van der Waals surface area (Å²) in [5.41, 5.74) is 5.19. The number of rotatable bonds is 8. The summed E-state index contributed by atoms with van der Waals surface area (Å²) in [4.78, 5) is 34.9. The van der Waals surface area contributed by atoms with E-state index in [1.54, 1.807) is 24.4 Å². The lowest BCUT2D eigenvalue weighted by atomic mass is 9.75. The maximum absolute atomic E-state index is 13.0. The lowest BCUT2D eigenvalue weighted by Gasteiger charge is -2.53. The number of aromatic amines is 1. The van der Waals surface area contributed by atoms with Crippen LogP contribution in [0, 0.1) is 12.3 Å². The van der Waals surface area contributed by atoms with Gasteiger partial charge in [-0.2, -0.15) is 0 Å². The third-order valence-electron chi connectivity index (χ3n) is 7.41. The fourth-order valence-electron chi connectivity index (χ4n) is 5.36. The van der Waals surface area contributed by atoms with Crippen LogP contribution in [-0.4, -0.2) is 59.5 Å². The molecule has 5 rings (SSSR count). The molecule has 0 spiro atoms. The Morgan fingerprint density at radius 3 is 2.89 bits per heavy atom. The van der Waals surface area contributed by atoms with Crippen molar-refractivity contribution in [1.29, 1.82) is 0 Å². The summed E-state index contributed by atoms with van der Waals surface area (Å²) < 4.78 is 12.0. The van der Waals surface area contributed by atoms with Gasteiger partial charge >= 0.3 is 0 Å². The van der Waals surface area contributed by atoms with Crippen LogP contribution >= 0.6 is 0 Å². The number of amides is 2. The van der Waals surface area contributed by atoms with Gasteiger partial charge in [-0.1, -0.05) is 32.6 Å². The number of pyridine rings is 1. The quantitative estimate of drug-likeness (QED) is 0.388. The van der Waals surface area contributed by atoms with Gasteiger partial charge in [0.25, 0.3) is 5.91 Å². The fraction of sp³-hybridized carbons (Fsp3) is 0.345. The minimum Gasteiger partial charge on any atom is -0.494 e. The number of nitrogens with zero attached hydrogens (tertiary/aromatic N) is 2. The van der Waals surface area contributed by atoms with Crippen molar-refractivity contribution in [2.24, 2.45) is 5.41 Å². The van der Waals surface area contributed by atoms with E-state index in [0.29, 0.717) is 48.9 Å². The third-order valence-corrected chi connectivity index (χ3v) is 7.41. The van der Waals surface area contributed by atoms with Gasteiger partial charge in [0.1, 0.15) is 18.1 Å². The molecule has 0 aliphatic carbocycles. The maximum atomic E-state index is 13.0. The molecule has 0 radical (unpaired) electrons. The Kier molecular flexibility index (Phi) is 6.60. The molecule has 2 amide bonds. The number of aryl methyl sites for hydroxylation is 1. The maximum Gasteiger partial charge on any atom is 0.255 e. The van der Waals surface area contributed by atoms with Gasteiger partial charge < -0.3 is 30.0 Å². The van der Waals surface area contributed by atoms with E-state index in [-0.39, 0.29) is 23.3 Å². The number of aromatic nitrogens is 2. The molecule has 0 unspecified atom stereocenters. The first kappa shape index (κ1) is 25.4. The van der Waals surface area contributed by atoms with Crippen LogP contribution in [-0.2, 0) is 11.2 Å². The molecule has 1 aromatic carbocycles. The molecule has 3 N–H and O–H groups in total. The van der Waals surface area contributed by atoms with Crippen molar-refractivity contribution in [3.05, 3.63) is 66.1 Å². The summed E-state index contributed by atoms with van der Waals surface area (Å²) in [7, 11) is 1.63. The predicted molar refractivity (Wildman–Crippen MR) is 146 cm³/mol. The molecule has 1 saturated heterocycles. The number of hydrogen-bond acceptors (Lipinski definition) is 6. The second-order valence-corrected chi connectivity index (χ2v) is 10.4. The minimum atomic E-state index is -0.144. The summed E-state index contributed by atoms with van der Waals surface area (Å²) >= 11 is 0. The highest BCUT2D eigenvalue weighted by molar-refractivity contribution is 6.06. The van der Waals surface area contributed by atoms with Crippen LogP contribution in [0.4, 0.5) is 11.4 Å². The molecular formula is C29H33N5O4. The molecule has 9 heteroatoms. The summed E-state index contributed by atoms with van der Waals surface area (Å²) in [5, 5.41) is 6.42. The second-order valence-electron chi connectivity index (χ2n) is 10.4. The van der Waals surface area contributed by atoms with Crippen molar-refractivity contribution in [1.82, 2.24) is 20.2 Å². The first-order valence-electron chi connectivity index (χ1n) is 12.7. The molecule has 1 fully saturated rings. The van der Waals surface area contributed by atoms with E-state index >= 15 is 0 Å². The number of benzene rings is 1. The first-order valence-corrected chi connectivity index (χ1v) is 12.7. The van der Waals surface area contributed by atoms with E-state index in [1.807, 2.05) is 31.2 Å². The lowest BCUT2D eigenvalue weighted by Crippen LogP contribution is -2.65. The smallest absolute Gasteiger partial charge is 0.255 e. The van der Waals surface area contributed by atoms with Crippen LogP contribution in [0.1, 0.15) is 35.5 Å². The third kappa shape index (κ3) is 4.38. The van der Waals surface area contributed by atoms with Crippen LogP contribution in [0.2, 0.25) is 0 Å². The number of likely N-dealkylation sites (tertiary alicyclic amines) is 1. The molecule has 2 aliphatic rings. The Hall–Kier alpha value is -4.27. The van der Waals surface area contributed by atoms with Crippen LogP contribution in [0.3, 0.4) is 0 Å². The number of H-pyrrole nitrogens is 1. The zero-order valence-corrected chi connectivity index (χ0v) is 22.2. The Balaban J connectivity index is 1.54. The highest BCUT2D eigenvalue weighted by Crippen LogP contribution is 2.43. The molecule has 4 heterocycles. The minimum absolute atomic E-state index is 0.0842. The van der Waals surface area contributed by atoms with E-state index in [0.717, 1.165) is 28.2 Å². The van der Waals surface area contributed by atoms with Crippen molar-refractivity contribution in [3.63, 3.8) is 0 Å². The van der Waals surface area contributed by atoms with Crippen LogP contribution in [0.5, 0.6) is 11.5 Å². The SMILES string of the molecule is C=CC(=O)N1CC(C)(C)[C@H]1COc1cnccc1-c1[nH]c2c(c1Nc1cccc(C)c1OC)C(=O)NCC2. The number of methoxy groups -OCH3 is 1. The van der Waals surface area contributed by atoms with Gasteiger partial charge in [0, 0.05) is 42.4 Å². The number of para-hydroxylation sites is 1. The molecule has 2 aromatic heterocycles. The average Bonchev–Trinajstić information content (AvgIpc) is 3.26. The van der Waals surface area contributed by atoms with Crippen molar-refractivity contribution >= 4 is 23.2 Å². The van der Waals surface area contributed by atoms with Crippen molar-refractivity contribution in [3.8, 4) is 22.8 Å². The fourth-order valence-corrected chi connectivity index (χ4v) is 5.36. The summed E-state index contributed by atoms with van der Waals surface area (Å²) in [5.74, 6) is 1.01. The number of ether oxygens (including phenoxy) is 2. The molecule has 38 heavy (non-hydrogen) atoms. The summed E-state index contributed by atoms with van der Waals surface area (Å²) in [6, 6.07) is 7.60. The van der Waals surface area contributed by atoms with E-state index < -0.39 is 0 Å². The van der Waals surface area contributed by atoms with Gasteiger partial charge in [-0.15, -0.1) is 0 Å². The largest absolute Gasteiger partial charge is 0.494 e. The van der Waals surface area contributed by atoms with Gasteiger partial charge in [0.2, 0.25) is 5.91 Å². The van der Waals surface area contributed by atoms with E-state index in [4.69, 9.17) is 9.47 Å². The van der Waals surface area contributed by atoms with Gasteiger partial charge in [0.05, 0.1) is 42.0 Å². The molecule has 3 aromatic rings. The van der Waals surface area contributed by atoms with E-state index in [1.165, 1.54) is 6.08 Å². The molecule has 198 valence electrons. The van der Waals surface area contributed by atoms with Crippen LogP contribution in [0.15, 0.2) is 49.3 Å². The van der Waals surface area contributed by atoms with Crippen LogP contribution < -0.4 is 20.1 Å². The normalized spacial score (nSPS) is 17.6. The van der Waals surface area contributed by atoms with Crippen molar-refractivity contribution in [2.45, 2.75) is 33.2 Å². The van der Waals surface area contributed by atoms with Crippen LogP contribution in [0.25, 0.3) is 11.3 Å². The van der Waals surface area contributed by atoms with Gasteiger partial charge in [-0.25, -0.2) is 0 Å².